The number of carbonyl (C=O) groups is 2. The van der Waals surface area contributed by atoms with Crippen LogP contribution in [-0.2, 0) is 23.8 Å². The van der Waals surface area contributed by atoms with Gasteiger partial charge in [-0.05, 0) is 6.92 Å². The Labute approximate surface area is 106 Å². The number of hydrogen-bond donors (Lipinski definition) is 2. The third-order valence-electron chi connectivity index (χ3n) is 2.20. The number of ketones is 1. The summed E-state index contributed by atoms with van der Waals surface area (Å²) in [4.78, 5) is 22.5. The summed E-state index contributed by atoms with van der Waals surface area (Å²) in [6.07, 6.45) is -0.521. The van der Waals surface area contributed by atoms with Gasteiger partial charge in [-0.15, -0.1) is 0 Å². The van der Waals surface area contributed by atoms with E-state index >= 15 is 0 Å². The van der Waals surface area contributed by atoms with Crippen LogP contribution in [0.1, 0.15) is 6.92 Å². The van der Waals surface area contributed by atoms with Gasteiger partial charge in [-0.25, -0.2) is 4.79 Å². The molecule has 7 heteroatoms. The van der Waals surface area contributed by atoms with E-state index in [1.165, 1.54) is 28.3 Å². The predicted molar refractivity (Wildman–Crippen MR) is 63.0 cm³/mol. The zero-order valence-electron chi connectivity index (χ0n) is 11.0. The van der Waals surface area contributed by atoms with Gasteiger partial charge in [0.2, 0.25) is 0 Å². The summed E-state index contributed by atoms with van der Waals surface area (Å²) in [6.45, 7) is 1.45. The molecule has 0 bridgehead atoms. The number of methoxy groups -OCH3 is 3. The maximum absolute atomic E-state index is 11.5. The average Bonchev–Trinajstić information content (AvgIpc) is 2.30. The van der Waals surface area contributed by atoms with Crippen LogP contribution >= 0.6 is 0 Å². The van der Waals surface area contributed by atoms with Gasteiger partial charge < -0.3 is 24.6 Å². The van der Waals surface area contributed by atoms with Gasteiger partial charge in [-0.2, -0.15) is 0 Å². The molecule has 0 saturated carbocycles. The van der Waals surface area contributed by atoms with Crippen molar-refractivity contribution < 1.29 is 28.9 Å². The van der Waals surface area contributed by atoms with Crippen molar-refractivity contribution in [2.75, 3.05) is 34.5 Å². The van der Waals surface area contributed by atoms with Gasteiger partial charge in [0.1, 0.15) is 12.2 Å². The van der Waals surface area contributed by atoms with E-state index in [0.717, 1.165) is 0 Å². The van der Waals surface area contributed by atoms with Gasteiger partial charge in [-0.3, -0.25) is 4.79 Å². The van der Waals surface area contributed by atoms with Crippen molar-refractivity contribution in [1.82, 2.24) is 5.32 Å². The second kappa shape index (κ2) is 8.62. The fourth-order valence-corrected chi connectivity index (χ4v) is 1.28. The number of aliphatic carboxylic acids is 1. The Balaban J connectivity index is 4.78. The van der Waals surface area contributed by atoms with E-state index < -0.39 is 18.0 Å². The molecular weight excluding hydrogens is 242 g/mol. The highest BCUT2D eigenvalue weighted by atomic mass is 16.7. The van der Waals surface area contributed by atoms with Gasteiger partial charge in [0, 0.05) is 27.0 Å². The van der Waals surface area contributed by atoms with E-state index in [1.54, 1.807) is 0 Å². The molecule has 0 aliphatic rings. The van der Waals surface area contributed by atoms with Crippen molar-refractivity contribution in [3.05, 3.63) is 11.3 Å². The number of ether oxygens (including phenoxy) is 3. The molecule has 0 heterocycles. The third-order valence-corrected chi connectivity index (χ3v) is 2.20. The summed E-state index contributed by atoms with van der Waals surface area (Å²) in [5.41, 5.74) is -0.0912. The van der Waals surface area contributed by atoms with E-state index in [9.17, 15) is 9.59 Å². The fraction of sp³-hybridized carbons (Fsp3) is 0.636. The molecule has 0 aromatic heterocycles. The number of allylic oxidation sites excluding steroid dienone is 1. The lowest BCUT2D eigenvalue weighted by Crippen LogP contribution is -2.31. The van der Waals surface area contributed by atoms with E-state index in [2.05, 4.69) is 10.1 Å². The van der Waals surface area contributed by atoms with Crippen LogP contribution in [0.5, 0.6) is 0 Å². The Bertz CT molecular complexity index is 321. The van der Waals surface area contributed by atoms with Gasteiger partial charge in [0.15, 0.2) is 12.1 Å². The Morgan fingerprint density at radius 1 is 1.22 bits per heavy atom. The van der Waals surface area contributed by atoms with Crippen molar-refractivity contribution in [3.8, 4) is 0 Å². The molecule has 0 spiro atoms. The second-order valence-corrected chi connectivity index (χ2v) is 3.44. The largest absolute Gasteiger partial charge is 0.477 e. The van der Waals surface area contributed by atoms with Crippen molar-refractivity contribution >= 4 is 11.8 Å². The highest BCUT2D eigenvalue weighted by Gasteiger charge is 2.20. The Morgan fingerprint density at radius 3 is 2.17 bits per heavy atom. The highest BCUT2D eigenvalue weighted by Crippen LogP contribution is 2.04. The summed E-state index contributed by atoms with van der Waals surface area (Å²) in [7, 11) is 4.25. The third kappa shape index (κ3) is 5.26. The lowest BCUT2D eigenvalue weighted by Gasteiger charge is -2.16. The molecule has 0 aliphatic heterocycles. The average molecular weight is 261 g/mol. The lowest BCUT2D eigenvalue weighted by molar-refractivity contribution is -0.135. The number of carbonyl (C=O) groups excluding carboxylic acids is 1. The first-order valence-corrected chi connectivity index (χ1v) is 5.23. The Hall–Kier alpha value is -1.44. The second-order valence-electron chi connectivity index (χ2n) is 3.44. The zero-order chi connectivity index (χ0) is 14.1. The molecule has 18 heavy (non-hydrogen) atoms. The molecule has 0 atom stereocenters. The van der Waals surface area contributed by atoms with Crippen molar-refractivity contribution in [2.24, 2.45) is 0 Å². The topological polar surface area (TPSA) is 94.1 Å². The first-order valence-electron chi connectivity index (χ1n) is 5.23. The van der Waals surface area contributed by atoms with Crippen LogP contribution in [0, 0.1) is 0 Å². The minimum atomic E-state index is -1.30. The summed E-state index contributed by atoms with van der Waals surface area (Å²) in [6, 6.07) is 0. The van der Waals surface area contributed by atoms with Gasteiger partial charge in [-0.1, -0.05) is 0 Å². The first kappa shape index (κ1) is 16.6. The summed E-state index contributed by atoms with van der Waals surface area (Å²) < 4.78 is 14.5. The number of carboxylic acid groups (broad SMARTS) is 1. The molecule has 7 nitrogen and oxygen atoms in total. The minimum Gasteiger partial charge on any atom is -0.477 e. The van der Waals surface area contributed by atoms with Crippen molar-refractivity contribution in [1.29, 1.82) is 0 Å². The number of carboxylic acids is 1. The SMILES string of the molecule is COCC(=O)C(C(=O)O)=C(C)NCC(OC)OC. The monoisotopic (exact) mass is 261 g/mol. The maximum atomic E-state index is 11.5. The Kier molecular flexibility index (Phi) is 7.93. The molecule has 0 fully saturated rings. The van der Waals surface area contributed by atoms with Gasteiger partial charge in [0.25, 0.3) is 0 Å². The summed E-state index contributed by atoms with van der Waals surface area (Å²) in [5, 5.41) is 11.8. The van der Waals surface area contributed by atoms with E-state index in [0.29, 0.717) is 0 Å². The highest BCUT2D eigenvalue weighted by molar-refractivity contribution is 6.17. The maximum Gasteiger partial charge on any atom is 0.341 e. The van der Waals surface area contributed by atoms with Crippen molar-refractivity contribution in [3.63, 3.8) is 0 Å². The fourth-order valence-electron chi connectivity index (χ4n) is 1.28. The number of Topliss-reactive ketones (excluding diaryl/α,β-unsaturated/α-hetero) is 1. The van der Waals surface area contributed by atoms with Crippen LogP contribution in [0.3, 0.4) is 0 Å². The van der Waals surface area contributed by atoms with Crippen molar-refractivity contribution in [2.45, 2.75) is 13.2 Å². The Morgan fingerprint density at radius 2 is 1.78 bits per heavy atom. The molecule has 0 aliphatic carbocycles. The number of rotatable bonds is 9. The minimum absolute atomic E-state index is 0.232. The molecular formula is C11H19NO6. The van der Waals surface area contributed by atoms with Crippen LogP contribution in [-0.4, -0.2) is 57.6 Å². The molecule has 0 rings (SSSR count). The molecule has 0 aromatic carbocycles. The van der Waals surface area contributed by atoms with Gasteiger partial charge >= 0.3 is 5.97 Å². The van der Waals surface area contributed by atoms with E-state index in [4.69, 9.17) is 14.6 Å². The molecule has 0 radical (unpaired) electrons. The first-order chi connectivity index (χ1) is 8.47. The smallest absolute Gasteiger partial charge is 0.341 e. The van der Waals surface area contributed by atoms with Crippen LogP contribution in [0.4, 0.5) is 0 Å². The summed E-state index contributed by atoms with van der Waals surface area (Å²) in [5.74, 6) is -1.89. The number of hydrogen-bond acceptors (Lipinski definition) is 6. The van der Waals surface area contributed by atoms with Crippen LogP contribution in [0.2, 0.25) is 0 Å². The lowest BCUT2D eigenvalue weighted by atomic mass is 10.1. The molecule has 0 aromatic rings. The number of nitrogens with one attached hydrogen (secondary N) is 1. The standard InChI is InChI=1S/C11H19NO6/c1-7(12-5-9(17-3)18-4)10(11(14)15)8(13)6-16-2/h9,12H,5-6H2,1-4H3,(H,14,15). The van der Waals surface area contributed by atoms with Crippen LogP contribution in [0.15, 0.2) is 11.3 Å². The van der Waals surface area contributed by atoms with Gasteiger partial charge in [0.05, 0.1) is 6.54 Å². The molecule has 0 unspecified atom stereocenters. The van der Waals surface area contributed by atoms with E-state index in [-0.39, 0.29) is 24.4 Å². The normalized spacial score (nSPS) is 12.3. The van der Waals surface area contributed by atoms with E-state index in [1.807, 2.05) is 0 Å². The van der Waals surface area contributed by atoms with Crippen LogP contribution in [0.25, 0.3) is 0 Å². The molecule has 0 saturated heterocycles. The van der Waals surface area contributed by atoms with Crippen LogP contribution < -0.4 is 5.32 Å². The summed E-state index contributed by atoms with van der Waals surface area (Å²) >= 11 is 0. The molecule has 2 N–H and O–H groups in total. The molecule has 104 valence electrons. The zero-order valence-corrected chi connectivity index (χ0v) is 11.0. The predicted octanol–water partition coefficient (Wildman–Crippen LogP) is -0.231. The quantitative estimate of drug-likeness (QED) is 0.256. The molecule has 0 amide bonds.